The molecule has 1 fully saturated rings. The maximum Gasteiger partial charge on any atom is 0.139 e. The lowest BCUT2D eigenvalue weighted by molar-refractivity contribution is 0.589. The first kappa shape index (κ1) is 12.4. The van der Waals surface area contributed by atoms with E-state index in [-0.39, 0.29) is 0 Å². The van der Waals surface area contributed by atoms with Gasteiger partial charge < -0.3 is 14.6 Å². The van der Waals surface area contributed by atoms with Crippen molar-refractivity contribution in [2.75, 3.05) is 31.1 Å². The summed E-state index contributed by atoms with van der Waals surface area (Å²) >= 11 is 0. The fraction of sp³-hybridized carbons (Fsp3) is 0.235. The van der Waals surface area contributed by atoms with Crippen LogP contribution in [-0.4, -0.2) is 35.6 Å². The van der Waals surface area contributed by atoms with E-state index in [4.69, 9.17) is 4.98 Å². The molecule has 0 aliphatic carbocycles. The van der Waals surface area contributed by atoms with Gasteiger partial charge in [-0.15, -0.1) is 0 Å². The SMILES string of the molecule is c1ccc(-c2cn3ccc(N4CCNCC4)cc3n2)cc1. The van der Waals surface area contributed by atoms with E-state index in [1.807, 2.05) is 18.2 Å². The van der Waals surface area contributed by atoms with Gasteiger partial charge in [0.25, 0.3) is 0 Å². The molecule has 0 amide bonds. The predicted molar refractivity (Wildman–Crippen MR) is 85.7 cm³/mol. The first-order valence-corrected chi connectivity index (χ1v) is 7.40. The van der Waals surface area contributed by atoms with E-state index in [0.717, 1.165) is 43.1 Å². The van der Waals surface area contributed by atoms with Gasteiger partial charge in [-0.2, -0.15) is 0 Å². The number of aromatic nitrogens is 2. The summed E-state index contributed by atoms with van der Waals surface area (Å²) in [7, 11) is 0. The normalized spacial score (nSPS) is 15.5. The average molecular weight is 278 g/mol. The number of pyridine rings is 1. The summed E-state index contributed by atoms with van der Waals surface area (Å²) < 4.78 is 2.09. The lowest BCUT2D eigenvalue weighted by Gasteiger charge is -2.29. The third-order valence-corrected chi connectivity index (χ3v) is 4.00. The second-order valence-corrected chi connectivity index (χ2v) is 5.38. The van der Waals surface area contributed by atoms with E-state index in [9.17, 15) is 0 Å². The zero-order chi connectivity index (χ0) is 14.1. The smallest absolute Gasteiger partial charge is 0.139 e. The van der Waals surface area contributed by atoms with Crippen LogP contribution in [-0.2, 0) is 0 Å². The molecule has 106 valence electrons. The number of hydrogen-bond acceptors (Lipinski definition) is 3. The van der Waals surface area contributed by atoms with E-state index in [1.165, 1.54) is 5.69 Å². The molecular formula is C17H18N4. The average Bonchev–Trinajstić information content (AvgIpc) is 2.99. The quantitative estimate of drug-likeness (QED) is 0.781. The van der Waals surface area contributed by atoms with Crippen molar-refractivity contribution in [2.24, 2.45) is 0 Å². The van der Waals surface area contributed by atoms with Crippen molar-refractivity contribution in [2.45, 2.75) is 0 Å². The first-order chi connectivity index (χ1) is 10.4. The van der Waals surface area contributed by atoms with Gasteiger partial charge in [0, 0.05) is 55.9 Å². The third-order valence-electron chi connectivity index (χ3n) is 4.00. The highest BCUT2D eigenvalue weighted by Gasteiger charge is 2.12. The third kappa shape index (κ3) is 2.38. The molecule has 0 bridgehead atoms. The Morgan fingerprint density at radius 2 is 1.81 bits per heavy atom. The Hall–Kier alpha value is -2.33. The molecular weight excluding hydrogens is 260 g/mol. The summed E-state index contributed by atoms with van der Waals surface area (Å²) in [6.45, 7) is 4.22. The number of rotatable bonds is 2. The zero-order valence-electron chi connectivity index (χ0n) is 11.9. The van der Waals surface area contributed by atoms with Crippen LogP contribution >= 0.6 is 0 Å². The minimum Gasteiger partial charge on any atom is -0.369 e. The minimum atomic E-state index is 1.00. The second kappa shape index (κ2) is 5.22. The van der Waals surface area contributed by atoms with Gasteiger partial charge in [-0.05, 0) is 6.07 Å². The Bertz CT molecular complexity index is 742. The zero-order valence-corrected chi connectivity index (χ0v) is 11.9. The van der Waals surface area contributed by atoms with Crippen LogP contribution in [0.4, 0.5) is 5.69 Å². The number of hydrogen-bond donors (Lipinski definition) is 1. The summed E-state index contributed by atoms with van der Waals surface area (Å²) in [5, 5.41) is 3.38. The molecule has 0 saturated carbocycles. The molecule has 1 aromatic carbocycles. The van der Waals surface area contributed by atoms with Crippen LogP contribution < -0.4 is 10.2 Å². The van der Waals surface area contributed by atoms with Gasteiger partial charge >= 0.3 is 0 Å². The largest absolute Gasteiger partial charge is 0.369 e. The van der Waals surface area contributed by atoms with Gasteiger partial charge in [0.15, 0.2) is 0 Å². The van der Waals surface area contributed by atoms with Crippen LogP contribution in [0.2, 0.25) is 0 Å². The number of benzene rings is 1. The Morgan fingerprint density at radius 1 is 1.00 bits per heavy atom. The van der Waals surface area contributed by atoms with Crippen molar-refractivity contribution >= 4 is 11.3 Å². The molecule has 1 aliphatic rings. The van der Waals surface area contributed by atoms with E-state index in [0.29, 0.717) is 0 Å². The van der Waals surface area contributed by atoms with Crippen LogP contribution in [0, 0.1) is 0 Å². The minimum absolute atomic E-state index is 1.00. The van der Waals surface area contributed by atoms with Gasteiger partial charge in [-0.3, -0.25) is 0 Å². The van der Waals surface area contributed by atoms with Gasteiger partial charge in [0.2, 0.25) is 0 Å². The molecule has 1 N–H and O–H groups in total. The number of nitrogens with one attached hydrogen (secondary N) is 1. The van der Waals surface area contributed by atoms with Crippen LogP contribution in [0.5, 0.6) is 0 Å². The fourth-order valence-corrected chi connectivity index (χ4v) is 2.84. The molecule has 4 heteroatoms. The molecule has 0 spiro atoms. The fourth-order valence-electron chi connectivity index (χ4n) is 2.84. The molecule has 3 heterocycles. The number of piperazine rings is 1. The summed E-state index contributed by atoms with van der Waals surface area (Å²) in [5.74, 6) is 0. The molecule has 1 aliphatic heterocycles. The van der Waals surface area contributed by atoms with Crippen molar-refractivity contribution in [3.8, 4) is 11.3 Å². The summed E-state index contributed by atoms with van der Waals surface area (Å²) in [6, 6.07) is 14.7. The van der Waals surface area contributed by atoms with Crippen LogP contribution in [0.25, 0.3) is 16.9 Å². The van der Waals surface area contributed by atoms with E-state index < -0.39 is 0 Å². The molecule has 4 rings (SSSR count). The molecule has 0 unspecified atom stereocenters. The van der Waals surface area contributed by atoms with Crippen molar-refractivity contribution in [1.82, 2.24) is 14.7 Å². The van der Waals surface area contributed by atoms with E-state index >= 15 is 0 Å². The van der Waals surface area contributed by atoms with Crippen LogP contribution in [0.1, 0.15) is 0 Å². The van der Waals surface area contributed by atoms with Gasteiger partial charge in [0.05, 0.1) is 5.69 Å². The number of nitrogens with zero attached hydrogens (tertiary/aromatic N) is 3. The highest BCUT2D eigenvalue weighted by Crippen LogP contribution is 2.22. The Labute approximate surface area is 124 Å². The number of imidazole rings is 1. The predicted octanol–water partition coefficient (Wildman–Crippen LogP) is 2.41. The number of fused-ring (bicyclic) bond motifs is 1. The molecule has 4 nitrogen and oxygen atoms in total. The van der Waals surface area contributed by atoms with Crippen molar-refractivity contribution < 1.29 is 0 Å². The Balaban J connectivity index is 1.71. The topological polar surface area (TPSA) is 32.6 Å². The van der Waals surface area contributed by atoms with Crippen molar-refractivity contribution in [3.63, 3.8) is 0 Å². The molecule has 1 saturated heterocycles. The lowest BCUT2D eigenvalue weighted by Crippen LogP contribution is -2.43. The lowest BCUT2D eigenvalue weighted by atomic mass is 10.2. The van der Waals surface area contributed by atoms with Crippen molar-refractivity contribution in [3.05, 3.63) is 54.9 Å². The van der Waals surface area contributed by atoms with Gasteiger partial charge in [-0.25, -0.2) is 4.98 Å². The Kier molecular flexibility index (Phi) is 3.09. The maximum atomic E-state index is 4.76. The van der Waals surface area contributed by atoms with Crippen LogP contribution in [0.3, 0.4) is 0 Å². The Morgan fingerprint density at radius 3 is 2.62 bits per heavy atom. The van der Waals surface area contributed by atoms with Crippen molar-refractivity contribution in [1.29, 1.82) is 0 Å². The molecule has 3 aromatic rings. The highest BCUT2D eigenvalue weighted by molar-refractivity contribution is 5.65. The summed E-state index contributed by atoms with van der Waals surface area (Å²) in [5.41, 5.74) is 4.44. The monoisotopic (exact) mass is 278 g/mol. The van der Waals surface area contributed by atoms with Gasteiger partial charge in [-0.1, -0.05) is 30.3 Å². The first-order valence-electron chi connectivity index (χ1n) is 7.40. The molecule has 0 atom stereocenters. The molecule has 2 aromatic heterocycles. The van der Waals surface area contributed by atoms with Crippen LogP contribution in [0.15, 0.2) is 54.9 Å². The van der Waals surface area contributed by atoms with Gasteiger partial charge in [0.1, 0.15) is 5.65 Å². The summed E-state index contributed by atoms with van der Waals surface area (Å²) in [6.07, 6.45) is 4.19. The maximum absolute atomic E-state index is 4.76. The standard InChI is InChI=1S/C17H18N4/c1-2-4-14(5-3-1)16-13-21-9-6-15(12-17(21)19-16)20-10-7-18-8-11-20/h1-6,9,12-13,18H,7-8,10-11H2. The van der Waals surface area contributed by atoms with E-state index in [2.05, 4.69) is 51.3 Å². The molecule has 21 heavy (non-hydrogen) atoms. The second-order valence-electron chi connectivity index (χ2n) is 5.38. The van der Waals surface area contributed by atoms with E-state index in [1.54, 1.807) is 0 Å². The summed E-state index contributed by atoms with van der Waals surface area (Å²) in [4.78, 5) is 7.17. The number of anilines is 1. The molecule has 0 radical (unpaired) electrons. The highest BCUT2D eigenvalue weighted by atomic mass is 15.2.